The zero-order valence-corrected chi connectivity index (χ0v) is 17.4. The van der Waals surface area contributed by atoms with Crippen molar-refractivity contribution in [3.63, 3.8) is 0 Å². The highest BCUT2D eigenvalue weighted by atomic mass is 35.5. The molecular formula is C19H23ClF3N5O3. The van der Waals surface area contributed by atoms with Gasteiger partial charge in [0.15, 0.2) is 0 Å². The first-order chi connectivity index (χ1) is 14.6. The van der Waals surface area contributed by atoms with Gasteiger partial charge in [-0.1, -0.05) is 17.7 Å². The zero-order chi connectivity index (χ0) is 23.0. The maximum Gasteiger partial charge on any atom is 0.417 e. The fourth-order valence-electron chi connectivity index (χ4n) is 2.91. The number of anilines is 1. The fraction of sp³-hybridized carbons (Fsp3) is 0.421. The SMILES string of the molecule is C=CCNC(=O)NC(=O)CN1CCN(CC(=O)Nc2ccc(Cl)c(C(F)(F)F)c2)CC1. The first kappa shape index (κ1) is 24.6. The molecule has 1 fully saturated rings. The Morgan fingerprint density at radius 3 is 2.19 bits per heavy atom. The lowest BCUT2D eigenvalue weighted by Crippen LogP contribution is -2.52. The van der Waals surface area contributed by atoms with E-state index in [-0.39, 0.29) is 25.3 Å². The maximum absolute atomic E-state index is 12.9. The summed E-state index contributed by atoms with van der Waals surface area (Å²) >= 11 is 5.57. The van der Waals surface area contributed by atoms with Crippen LogP contribution in [-0.4, -0.2) is 73.5 Å². The van der Waals surface area contributed by atoms with Gasteiger partial charge >= 0.3 is 12.2 Å². The molecule has 1 heterocycles. The predicted molar refractivity (Wildman–Crippen MR) is 110 cm³/mol. The number of nitrogens with one attached hydrogen (secondary N) is 3. The highest BCUT2D eigenvalue weighted by molar-refractivity contribution is 6.31. The topological polar surface area (TPSA) is 93.8 Å². The van der Waals surface area contributed by atoms with Gasteiger partial charge in [-0.3, -0.25) is 24.7 Å². The van der Waals surface area contributed by atoms with Gasteiger partial charge in [-0.25, -0.2) is 4.79 Å². The number of carbonyl (C=O) groups excluding carboxylic acids is 3. The van der Waals surface area contributed by atoms with E-state index in [1.54, 1.807) is 0 Å². The van der Waals surface area contributed by atoms with Crippen LogP contribution in [0, 0.1) is 0 Å². The zero-order valence-electron chi connectivity index (χ0n) is 16.6. The average molecular weight is 462 g/mol. The van der Waals surface area contributed by atoms with Gasteiger partial charge in [0.2, 0.25) is 11.8 Å². The van der Waals surface area contributed by atoms with E-state index < -0.39 is 34.6 Å². The number of benzene rings is 1. The number of carbonyl (C=O) groups is 3. The second-order valence-electron chi connectivity index (χ2n) is 6.84. The van der Waals surface area contributed by atoms with Gasteiger partial charge in [0.25, 0.3) is 0 Å². The Morgan fingerprint density at radius 1 is 1.06 bits per heavy atom. The highest BCUT2D eigenvalue weighted by Gasteiger charge is 2.33. The van der Waals surface area contributed by atoms with Crippen molar-refractivity contribution in [1.82, 2.24) is 20.4 Å². The summed E-state index contributed by atoms with van der Waals surface area (Å²) in [6.07, 6.45) is -3.13. The number of piperazine rings is 1. The summed E-state index contributed by atoms with van der Waals surface area (Å²) in [5.41, 5.74) is -1.01. The first-order valence-corrected chi connectivity index (χ1v) is 9.76. The molecule has 12 heteroatoms. The number of hydrogen-bond acceptors (Lipinski definition) is 5. The lowest BCUT2D eigenvalue weighted by Gasteiger charge is -2.33. The van der Waals surface area contributed by atoms with Crippen molar-refractivity contribution in [3.8, 4) is 0 Å². The quantitative estimate of drug-likeness (QED) is 0.539. The van der Waals surface area contributed by atoms with Crippen molar-refractivity contribution in [2.24, 2.45) is 0 Å². The van der Waals surface area contributed by atoms with Crippen LogP contribution < -0.4 is 16.0 Å². The Kier molecular flexibility index (Phi) is 8.84. The van der Waals surface area contributed by atoms with Crippen molar-refractivity contribution >= 4 is 35.1 Å². The predicted octanol–water partition coefficient (Wildman–Crippen LogP) is 1.93. The van der Waals surface area contributed by atoms with Gasteiger partial charge in [0, 0.05) is 38.4 Å². The summed E-state index contributed by atoms with van der Waals surface area (Å²) in [7, 11) is 0. The van der Waals surface area contributed by atoms with Crippen LogP contribution in [0.5, 0.6) is 0 Å². The van der Waals surface area contributed by atoms with E-state index in [0.29, 0.717) is 26.2 Å². The van der Waals surface area contributed by atoms with E-state index in [9.17, 15) is 27.6 Å². The van der Waals surface area contributed by atoms with E-state index >= 15 is 0 Å². The molecule has 1 aliphatic heterocycles. The molecule has 1 saturated heterocycles. The van der Waals surface area contributed by atoms with Gasteiger partial charge in [-0.05, 0) is 18.2 Å². The molecule has 0 aromatic heterocycles. The molecule has 1 aromatic rings. The van der Waals surface area contributed by atoms with Crippen molar-refractivity contribution in [2.75, 3.05) is 51.1 Å². The molecule has 3 N–H and O–H groups in total. The average Bonchev–Trinajstić information content (AvgIpc) is 2.68. The second-order valence-corrected chi connectivity index (χ2v) is 7.25. The van der Waals surface area contributed by atoms with Crippen LogP contribution in [-0.2, 0) is 15.8 Å². The molecule has 0 bridgehead atoms. The Hall–Kier alpha value is -2.63. The number of nitrogens with zero attached hydrogens (tertiary/aromatic N) is 2. The van der Waals surface area contributed by atoms with Crippen molar-refractivity contribution in [1.29, 1.82) is 0 Å². The molecule has 0 aliphatic carbocycles. The standard InChI is InChI=1S/C19H23ClF3N5O3/c1-2-5-24-18(31)26-17(30)12-28-8-6-27(7-9-28)11-16(29)25-13-3-4-15(20)14(10-13)19(21,22)23/h2-4,10H,1,5-9,11-12H2,(H,25,29)(H2,24,26,30,31). The van der Waals surface area contributed by atoms with Gasteiger partial charge in [-0.2, -0.15) is 13.2 Å². The Morgan fingerprint density at radius 2 is 1.65 bits per heavy atom. The van der Waals surface area contributed by atoms with Crippen molar-refractivity contribution < 1.29 is 27.6 Å². The van der Waals surface area contributed by atoms with E-state index in [4.69, 9.17) is 11.6 Å². The summed E-state index contributed by atoms with van der Waals surface area (Å²) in [6.45, 7) is 5.68. The van der Waals surface area contributed by atoms with E-state index in [0.717, 1.165) is 12.1 Å². The molecular weight excluding hydrogens is 439 g/mol. The summed E-state index contributed by atoms with van der Waals surface area (Å²) < 4.78 is 38.8. The summed E-state index contributed by atoms with van der Waals surface area (Å²) in [6, 6.07) is 2.58. The molecule has 0 unspecified atom stereocenters. The van der Waals surface area contributed by atoms with Gasteiger partial charge in [0.05, 0.1) is 23.7 Å². The largest absolute Gasteiger partial charge is 0.417 e. The van der Waals surface area contributed by atoms with Gasteiger partial charge in [0.1, 0.15) is 0 Å². The first-order valence-electron chi connectivity index (χ1n) is 9.38. The Labute approximate surface area is 182 Å². The van der Waals surface area contributed by atoms with Crippen LogP contribution in [0.2, 0.25) is 5.02 Å². The summed E-state index contributed by atoms with van der Waals surface area (Å²) in [5.74, 6) is -0.906. The number of rotatable bonds is 7. The molecule has 31 heavy (non-hydrogen) atoms. The van der Waals surface area contributed by atoms with E-state index in [2.05, 4.69) is 22.5 Å². The van der Waals surface area contributed by atoms with Gasteiger partial charge in [-0.15, -0.1) is 6.58 Å². The third-order valence-corrected chi connectivity index (χ3v) is 4.74. The van der Waals surface area contributed by atoms with Crippen LogP contribution in [0.15, 0.2) is 30.9 Å². The second kappa shape index (κ2) is 11.1. The van der Waals surface area contributed by atoms with Crippen molar-refractivity contribution in [2.45, 2.75) is 6.18 Å². The molecule has 1 aliphatic rings. The number of imide groups is 1. The third kappa shape index (κ3) is 8.19. The minimum absolute atomic E-state index is 0.00598. The molecule has 1 aromatic carbocycles. The molecule has 0 radical (unpaired) electrons. The van der Waals surface area contributed by atoms with E-state index in [1.807, 2.05) is 9.80 Å². The number of urea groups is 1. The van der Waals surface area contributed by atoms with Crippen LogP contribution in [0.3, 0.4) is 0 Å². The molecule has 170 valence electrons. The van der Waals surface area contributed by atoms with E-state index in [1.165, 1.54) is 12.1 Å². The summed E-state index contributed by atoms with van der Waals surface area (Å²) in [4.78, 5) is 39.2. The van der Waals surface area contributed by atoms with Gasteiger partial charge < -0.3 is 10.6 Å². The molecule has 0 spiro atoms. The van der Waals surface area contributed by atoms with Crippen LogP contribution in [0.25, 0.3) is 0 Å². The number of hydrogen-bond donors (Lipinski definition) is 3. The maximum atomic E-state index is 12.9. The van der Waals surface area contributed by atoms with Crippen molar-refractivity contribution in [3.05, 3.63) is 41.4 Å². The lowest BCUT2D eigenvalue weighted by molar-refractivity contribution is -0.137. The number of amides is 4. The molecule has 0 saturated carbocycles. The number of alkyl halides is 3. The monoisotopic (exact) mass is 461 g/mol. The molecule has 2 rings (SSSR count). The summed E-state index contributed by atoms with van der Waals surface area (Å²) in [5, 5.41) is 6.64. The third-order valence-electron chi connectivity index (χ3n) is 4.41. The Bertz CT molecular complexity index is 826. The minimum Gasteiger partial charge on any atom is -0.334 e. The normalized spacial score (nSPS) is 15.2. The Balaban J connectivity index is 1.76. The van der Waals surface area contributed by atoms with Crippen LogP contribution in [0.4, 0.5) is 23.7 Å². The van der Waals surface area contributed by atoms with Crippen LogP contribution in [0.1, 0.15) is 5.56 Å². The minimum atomic E-state index is -4.62. The smallest absolute Gasteiger partial charge is 0.334 e. The highest BCUT2D eigenvalue weighted by Crippen LogP contribution is 2.36. The van der Waals surface area contributed by atoms with Crippen LogP contribution >= 0.6 is 11.6 Å². The number of halogens is 4. The molecule has 0 atom stereocenters. The molecule has 8 nitrogen and oxygen atoms in total. The fourth-order valence-corrected chi connectivity index (χ4v) is 3.13. The lowest BCUT2D eigenvalue weighted by atomic mass is 10.2. The molecule has 4 amide bonds.